The molecular formula is C21H25F3N6O2. The molecule has 1 heterocycles. The number of nitrogens with zero attached hydrogens (tertiary/aromatic N) is 6. The van der Waals surface area contributed by atoms with Gasteiger partial charge in [0, 0.05) is 6.54 Å². The molecule has 0 radical (unpaired) electrons. The number of alkyl halides is 3. The van der Waals surface area contributed by atoms with Crippen LogP contribution in [0.15, 0.2) is 52.7 Å². The summed E-state index contributed by atoms with van der Waals surface area (Å²) in [5.41, 5.74) is 0.843. The van der Waals surface area contributed by atoms with Crippen LogP contribution in [0.25, 0.3) is 5.69 Å². The maximum Gasteiger partial charge on any atom is 0.429 e. The Morgan fingerprint density at radius 1 is 1.34 bits per heavy atom. The minimum absolute atomic E-state index is 0.0216. The normalized spacial score (nSPS) is 13.6. The number of aryl methyl sites for hydroxylation is 1. The fourth-order valence-electron chi connectivity index (χ4n) is 2.78. The van der Waals surface area contributed by atoms with E-state index in [0.717, 1.165) is 18.7 Å². The first-order valence-corrected chi connectivity index (χ1v) is 9.78. The highest BCUT2D eigenvalue weighted by Gasteiger charge is 2.31. The Morgan fingerprint density at radius 3 is 2.56 bits per heavy atom. The fourth-order valence-corrected chi connectivity index (χ4v) is 2.78. The third kappa shape index (κ3) is 6.25. The molecule has 0 saturated heterocycles. The number of aromatic nitrogens is 3. The number of benzene rings is 1. The van der Waals surface area contributed by atoms with Crippen LogP contribution in [-0.4, -0.2) is 63.6 Å². The van der Waals surface area contributed by atoms with Crippen molar-refractivity contribution in [2.45, 2.75) is 39.9 Å². The van der Waals surface area contributed by atoms with Gasteiger partial charge < -0.3 is 9.64 Å². The molecule has 0 fully saturated rings. The van der Waals surface area contributed by atoms with Gasteiger partial charge in [-0.15, -0.1) is 0 Å². The first-order valence-electron chi connectivity index (χ1n) is 9.78. The van der Waals surface area contributed by atoms with Gasteiger partial charge >= 0.3 is 6.18 Å². The van der Waals surface area contributed by atoms with Gasteiger partial charge in [0.05, 0.1) is 35.9 Å². The number of amides is 1. The molecule has 172 valence electrons. The number of carbonyl (C=O) groups is 1. The SMILES string of the molecule is C=N/C(=C\N=C(C)C(F)(F)F)OC[C@H](C)N(CC)C(=O)c1ccc(C)cc1-n1nccn1. The molecule has 0 N–H and O–H groups in total. The molecule has 0 aliphatic rings. The van der Waals surface area contributed by atoms with Crippen LogP contribution < -0.4 is 0 Å². The van der Waals surface area contributed by atoms with E-state index in [0.29, 0.717) is 17.8 Å². The first kappa shape index (κ1) is 24.8. The van der Waals surface area contributed by atoms with Crippen LogP contribution in [-0.2, 0) is 4.74 Å². The van der Waals surface area contributed by atoms with Crippen LogP contribution in [0.4, 0.5) is 13.2 Å². The number of ether oxygens (including phenoxy) is 1. The second-order valence-electron chi connectivity index (χ2n) is 6.93. The summed E-state index contributed by atoms with van der Waals surface area (Å²) in [6, 6.07) is 4.91. The summed E-state index contributed by atoms with van der Waals surface area (Å²) in [6.07, 6.45) is -0.660. The molecule has 0 aliphatic heterocycles. The van der Waals surface area contributed by atoms with Crippen LogP contribution in [0.5, 0.6) is 0 Å². The van der Waals surface area contributed by atoms with Gasteiger partial charge in [-0.2, -0.15) is 28.2 Å². The third-order valence-electron chi connectivity index (χ3n) is 4.56. The van der Waals surface area contributed by atoms with Crippen LogP contribution in [0.2, 0.25) is 0 Å². The molecule has 8 nitrogen and oxygen atoms in total. The monoisotopic (exact) mass is 450 g/mol. The lowest BCUT2D eigenvalue weighted by molar-refractivity contribution is -0.0591. The number of hydrogen-bond acceptors (Lipinski definition) is 6. The van der Waals surface area contributed by atoms with Gasteiger partial charge in [0.15, 0.2) is 0 Å². The van der Waals surface area contributed by atoms with Crippen molar-refractivity contribution in [3.05, 3.63) is 53.8 Å². The second kappa shape index (κ2) is 10.7. The Bertz CT molecular complexity index is 999. The van der Waals surface area contributed by atoms with E-state index in [2.05, 4.69) is 26.9 Å². The van der Waals surface area contributed by atoms with Gasteiger partial charge in [-0.3, -0.25) is 9.79 Å². The minimum atomic E-state index is -4.54. The number of halogens is 3. The van der Waals surface area contributed by atoms with Crippen LogP contribution in [0, 0.1) is 6.92 Å². The molecule has 0 spiro atoms. The molecule has 0 saturated carbocycles. The highest BCUT2D eigenvalue weighted by molar-refractivity contribution is 5.98. The van der Waals surface area contributed by atoms with Crippen LogP contribution in [0.3, 0.4) is 0 Å². The first-order chi connectivity index (χ1) is 15.1. The summed E-state index contributed by atoms with van der Waals surface area (Å²) >= 11 is 0. The second-order valence-corrected chi connectivity index (χ2v) is 6.93. The molecule has 2 rings (SSSR count). The van der Waals surface area contributed by atoms with Gasteiger partial charge in [0.1, 0.15) is 12.3 Å². The third-order valence-corrected chi connectivity index (χ3v) is 4.56. The molecule has 0 unspecified atom stereocenters. The van der Waals surface area contributed by atoms with E-state index in [1.807, 2.05) is 26.0 Å². The number of carbonyl (C=O) groups excluding carboxylic acids is 1. The summed E-state index contributed by atoms with van der Waals surface area (Å²) in [4.78, 5) is 23.1. The predicted octanol–water partition coefficient (Wildman–Crippen LogP) is 3.97. The van der Waals surface area contributed by atoms with E-state index in [9.17, 15) is 18.0 Å². The standard InChI is InChI=1S/C21H25F3N6O2/c1-6-29(15(3)13-32-19(25-5)12-26-16(4)21(22,23)24)20(31)17-8-7-14(2)11-18(17)30-27-9-10-28-30/h7-12,15H,5-6,13H2,1-4H3/b19-12+,26-16?/t15-/m0/s1. The van der Waals surface area contributed by atoms with Crippen molar-refractivity contribution in [2.24, 2.45) is 9.98 Å². The lowest BCUT2D eigenvalue weighted by Crippen LogP contribution is -2.41. The summed E-state index contributed by atoms with van der Waals surface area (Å²) < 4.78 is 43.2. The largest absolute Gasteiger partial charge is 0.474 e. The lowest BCUT2D eigenvalue weighted by atomic mass is 10.1. The molecule has 1 aromatic heterocycles. The van der Waals surface area contributed by atoms with Crippen molar-refractivity contribution in [2.75, 3.05) is 13.2 Å². The van der Waals surface area contributed by atoms with Crippen molar-refractivity contribution < 1.29 is 22.7 Å². The zero-order chi connectivity index (χ0) is 23.9. The molecule has 2 aromatic rings. The molecule has 0 bridgehead atoms. The Balaban J connectivity index is 2.19. The van der Waals surface area contributed by atoms with E-state index in [1.54, 1.807) is 17.9 Å². The maximum atomic E-state index is 13.3. The van der Waals surface area contributed by atoms with Crippen molar-refractivity contribution >= 4 is 18.3 Å². The fraction of sp³-hybridized carbons (Fsp3) is 0.381. The van der Waals surface area contributed by atoms with Crippen molar-refractivity contribution in [3.63, 3.8) is 0 Å². The smallest absolute Gasteiger partial charge is 0.429 e. The topological polar surface area (TPSA) is 85.0 Å². The highest BCUT2D eigenvalue weighted by Crippen LogP contribution is 2.20. The van der Waals surface area contributed by atoms with Crippen molar-refractivity contribution in [1.82, 2.24) is 19.9 Å². The maximum absolute atomic E-state index is 13.3. The Labute approximate surface area is 184 Å². The van der Waals surface area contributed by atoms with Gasteiger partial charge in [-0.25, -0.2) is 4.99 Å². The van der Waals surface area contributed by atoms with E-state index < -0.39 is 17.9 Å². The Kier molecular flexibility index (Phi) is 8.27. The quantitative estimate of drug-likeness (QED) is 0.428. The molecule has 32 heavy (non-hydrogen) atoms. The molecular weight excluding hydrogens is 425 g/mol. The zero-order valence-corrected chi connectivity index (χ0v) is 18.3. The molecule has 0 aliphatic carbocycles. The van der Waals surface area contributed by atoms with Crippen LogP contribution >= 0.6 is 0 Å². The summed E-state index contributed by atoms with van der Waals surface area (Å²) in [6.45, 7) is 9.94. The molecule has 11 heteroatoms. The molecule has 1 atom stereocenters. The Hall–Kier alpha value is -3.50. The minimum Gasteiger partial charge on any atom is -0.474 e. The van der Waals surface area contributed by atoms with Gasteiger partial charge in [-0.05, 0) is 52.1 Å². The van der Waals surface area contributed by atoms with Gasteiger partial charge in [0.2, 0.25) is 5.88 Å². The summed E-state index contributed by atoms with van der Waals surface area (Å²) in [5.74, 6) is -0.445. The molecule has 1 aromatic carbocycles. The summed E-state index contributed by atoms with van der Waals surface area (Å²) in [7, 11) is 0. The number of rotatable bonds is 9. The highest BCUT2D eigenvalue weighted by atomic mass is 19.4. The van der Waals surface area contributed by atoms with E-state index in [4.69, 9.17) is 4.74 Å². The summed E-state index contributed by atoms with van der Waals surface area (Å²) in [5, 5.41) is 8.23. The van der Waals surface area contributed by atoms with E-state index in [-0.39, 0.29) is 18.4 Å². The number of likely N-dealkylation sites (N-methyl/N-ethyl adjacent to an activating group) is 1. The number of hydrogen-bond donors (Lipinski definition) is 0. The van der Waals surface area contributed by atoms with E-state index in [1.165, 1.54) is 17.2 Å². The average Bonchev–Trinajstić information content (AvgIpc) is 3.28. The van der Waals surface area contributed by atoms with Crippen molar-refractivity contribution in [1.29, 1.82) is 0 Å². The van der Waals surface area contributed by atoms with E-state index >= 15 is 0 Å². The zero-order valence-electron chi connectivity index (χ0n) is 18.3. The molecule has 1 amide bonds. The Morgan fingerprint density at radius 2 is 2.00 bits per heavy atom. The van der Waals surface area contributed by atoms with Gasteiger partial charge in [0.25, 0.3) is 5.91 Å². The van der Waals surface area contributed by atoms with Crippen LogP contribution in [0.1, 0.15) is 36.7 Å². The van der Waals surface area contributed by atoms with Crippen molar-refractivity contribution in [3.8, 4) is 5.69 Å². The van der Waals surface area contributed by atoms with Gasteiger partial charge in [-0.1, -0.05) is 6.07 Å². The average molecular weight is 450 g/mol. The predicted molar refractivity (Wildman–Crippen MR) is 115 cm³/mol. The number of aliphatic imine (C=N–C) groups is 2. The lowest BCUT2D eigenvalue weighted by Gasteiger charge is -2.28.